The highest BCUT2D eigenvalue weighted by Gasteiger charge is 2.19. The monoisotopic (exact) mass is 359 g/mol. The number of rotatable bonds is 4. The van der Waals surface area contributed by atoms with Crippen molar-refractivity contribution in [3.05, 3.63) is 58.7 Å². The predicted octanol–water partition coefficient (Wildman–Crippen LogP) is 3.99. The maximum Gasteiger partial charge on any atom is 0.228 e. The van der Waals surface area contributed by atoms with Crippen molar-refractivity contribution in [2.45, 2.75) is 25.8 Å². The Morgan fingerprint density at radius 2 is 2.18 bits per heavy atom. The van der Waals surface area contributed by atoms with Crippen LogP contribution in [-0.4, -0.2) is 15.7 Å². The van der Waals surface area contributed by atoms with Crippen molar-refractivity contribution in [2.75, 3.05) is 5.32 Å². The van der Waals surface area contributed by atoms with Gasteiger partial charge in [0.1, 0.15) is 5.82 Å². The first-order valence-corrected chi connectivity index (χ1v) is 8.24. The van der Waals surface area contributed by atoms with Gasteiger partial charge in [0.05, 0.1) is 12.7 Å². The number of amides is 1. The van der Waals surface area contributed by atoms with Crippen LogP contribution in [0.3, 0.4) is 0 Å². The third-order valence-corrected chi connectivity index (χ3v) is 4.66. The maximum absolute atomic E-state index is 12.3. The second-order valence-corrected chi connectivity index (χ2v) is 6.29. The maximum atomic E-state index is 12.3. The Morgan fingerprint density at radius 1 is 1.32 bits per heavy atom. The van der Waals surface area contributed by atoms with E-state index in [-0.39, 0.29) is 11.8 Å². The first kappa shape index (κ1) is 15.0. The standard InChI is InChI=1S/C17H18BrN3O/c18-15-9-5-4-8-14(15)12-21-16(10-11-19-21)20-17(22)13-6-2-1-3-7-13/h1-2,4-5,8-11,13H,3,6-7,12H2,(H,20,22)/t13-/m0/s1. The average molecular weight is 360 g/mol. The molecule has 114 valence electrons. The zero-order valence-corrected chi connectivity index (χ0v) is 13.8. The third-order valence-electron chi connectivity index (χ3n) is 3.89. The molecular formula is C17H18BrN3O. The minimum Gasteiger partial charge on any atom is -0.311 e. The lowest BCUT2D eigenvalue weighted by Crippen LogP contribution is -2.25. The molecule has 0 saturated carbocycles. The number of allylic oxidation sites excluding steroid dienone is 2. The van der Waals surface area contributed by atoms with Crippen LogP contribution in [-0.2, 0) is 11.3 Å². The molecule has 0 fully saturated rings. The van der Waals surface area contributed by atoms with E-state index in [2.05, 4.69) is 38.5 Å². The Morgan fingerprint density at radius 3 is 2.95 bits per heavy atom. The molecule has 1 aliphatic carbocycles. The van der Waals surface area contributed by atoms with E-state index in [0.29, 0.717) is 6.54 Å². The average Bonchev–Trinajstić information content (AvgIpc) is 2.97. The number of benzene rings is 1. The highest BCUT2D eigenvalue weighted by molar-refractivity contribution is 9.10. The fraction of sp³-hybridized carbons (Fsp3) is 0.294. The topological polar surface area (TPSA) is 46.9 Å². The molecule has 1 atom stereocenters. The van der Waals surface area contributed by atoms with Crippen LogP contribution in [0.1, 0.15) is 24.8 Å². The van der Waals surface area contributed by atoms with Crippen LogP contribution in [0.15, 0.2) is 53.2 Å². The minimum absolute atomic E-state index is 0.0665. The first-order valence-electron chi connectivity index (χ1n) is 7.45. The van der Waals surface area contributed by atoms with Gasteiger partial charge in [-0.05, 0) is 30.9 Å². The number of carbonyl (C=O) groups is 1. The molecule has 0 bridgehead atoms. The number of nitrogens with one attached hydrogen (secondary N) is 1. The van der Waals surface area contributed by atoms with Crippen LogP contribution >= 0.6 is 15.9 Å². The molecule has 0 unspecified atom stereocenters. The lowest BCUT2D eigenvalue weighted by Gasteiger charge is -2.17. The molecule has 1 aromatic carbocycles. The Balaban J connectivity index is 1.71. The highest BCUT2D eigenvalue weighted by Crippen LogP contribution is 2.22. The molecule has 1 aliphatic rings. The van der Waals surface area contributed by atoms with Crippen LogP contribution in [0, 0.1) is 5.92 Å². The minimum atomic E-state index is 0.0665. The summed E-state index contributed by atoms with van der Waals surface area (Å²) in [5.41, 5.74) is 1.13. The van der Waals surface area contributed by atoms with Crippen molar-refractivity contribution >= 4 is 27.7 Å². The Kier molecular flexibility index (Phi) is 4.73. The summed E-state index contributed by atoms with van der Waals surface area (Å²) in [5.74, 6) is 0.894. The fourth-order valence-corrected chi connectivity index (χ4v) is 3.02. The molecule has 3 rings (SSSR count). The second kappa shape index (κ2) is 6.92. The van der Waals surface area contributed by atoms with E-state index in [1.165, 1.54) is 0 Å². The molecule has 0 radical (unpaired) electrons. The van der Waals surface area contributed by atoms with Gasteiger partial charge in [-0.1, -0.05) is 46.3 Å². The lowest BCUT2D eigenvalue weighted by atomic mass is 9.94. The zero-order valence-electron chi connectivity index (χ0n) is 12.2. The van der Waals surface area contributed by atoms with Gasteiger partial charge in [0.25, 0.3) is 0 Å². The molecule has 1 heterocycles. The normalized spacial score (nSPS) is 17.4. The molecule has 0 spiro atoms. The summed E-state index contributed by atoms with van der Waals surface area (Å²) in [6, 6.07) is 9.87. The van der Waals surface area contributed by atoms with Gasteiger partial charge >= 0.3 is 0 Å². The summed E-state index contributed by atoms with van der Waals surface area (Å²) in [4.78, 5) is 12.3. The molecule has 1 N–H and O–H groups in total. The van der Waals surface area contributed by atoms with Crippen LogP contribution in [0.5, 0.6) is 0 Å². The van der Waals surface area contributed by atoms with Crippen molar-refractivity contribution in [3.63, 3.8) is 0 Å². The molecular weight excluding hydrogens is 342 g/mol. The summed E-state index contributed by atoms with van der Waals surface area (Å²) < 4.78 is 2.86. The quantitative estimate of drug-likeness (QED) is 0.839. The number of halogens is 1. The summed E-state index contributed by atoms with van der Waals surface area (Å²) in [5, 5.41) is 7.33. The number of anilines is 1. The van der Waals surface area contributed by atoms with Crippen LogP contribution in [0.2, 0.25) is 0 Å². The largest absolute Gasteiger partial charge is 0.311 e. The number of hydrogen-bond acceptors (Lipinski definition) is 2. The number of hydrogen-bond donors (Lipinski definition) is 1. The van der Waals surface area contributed by atoms with E-state index < -0.39 is 0 Å². The molecule has 1 aromatic heterocycles. The van der Waals surface area contributed by atoms with Gasteiger partial charge in [0.15, 0.2) is 0 Å². The van der Waals surface area contributed by atoms with Gasteiger partial charge in [0, 0.05) is 16.5 Å². The van der Waals surface area contributed by atoms with Gasteiger partial charge in [-0.3, -0.25) is 4.79 Å². The molecule has 0 aliphatic heterocycles. The molecule has 4 nitrogen and oxygen atoms in total. The summed E-state index contributed by atoms with van der Waals surface area (Å²) in [7, 11) is 0. The van der Waals surface area contributed by atoms with Crippen LogP contribution in [0.25, 0.3) is 0 Å². The SMILES string of the molecule is O=C(Nc1ccnn1Cc1ccccc1Br)[C@H]1CC=CCC1. The smallest absolute Gasteiger partial charge is 0.228 e. The molecule has 0 saturated heterocycles. The van der Waals surface area contributed by atoms with Crippen molar-refractivity contribution < 1.29 is 4.79 Å². The Bertz CT molecular complexity index is 693. The molecule has 2 aromatic rings. The second-order valence-electron chi connectivity index (χ2n) is 5.44. The lowest BCUT2D eigenvalue weighted by molar-refractivity contribution is -0.120. The Hall–Kier alpha value is -1.88. The van der Waals surface area contributed by atoms with Crippen molar-refractivity contribution in [2.24, 2.45) is 5.92 Å². The molecule has 1 amide bonds. The summed E-state index contributed by atoms with van der Waals surface area (Å²) in [6.07, 6.45) is 8.67. The highest BCUT2D eigenvalue weighted by atomic mass is 79.9. The third kappa shape index (κ3) is 3.47. The van der Waals surface area contributed by atoms with Crippen LogP contribution < -0.4 is 5.32 Å². The Labute approximate surface area is 138 Å². The number of carbonyl (C=O) groups excluding carboxylic acids is 1. The molecule has 5 heteroatoms. The van der Waals surface area contributed by atoms with Gasteiger partial charge in [-0.2, -0.15) is 5.10 Å². The van der Waals surface area contributed by atoms with E-state index in [9.17, 15) is 4.79 Å². The van der Waals surface area contributed by atoms with Gasteiger partial charge < -0.3 is 5.32 Å². The van der Waals surface area contributed by atoms with Crippen molar-refractivity contribution in [1.29, 1.82) is 0 Å². The van der Waals surface area contributed by atoms with E-state index in [0.717, 1.165) is 35.1 Å². The summed E-state index contributed by atoms with van der Waals surface area (Å²) >= 11 is 3.54. The van der Waals surface area contributed by atoms with Gasteiger partial charge in [0.2, 0.25) is 5.91 Å². The predicted molar refractivity (Wildman–Crippen MR) is 90.6 cm³/mol. The van der Waals surface area contributed by atoms with E-state index >= 15 is 0 Å². The van der Waals surface area contributed by atoms with Gasteiger partial charge in [-0.25, -0.2) is 4.68 Å². The van der Waals surface area contributed by atoms with E-state index in [1.54, 1.807) is 6.20 Å². The fourth-order valence-electron chi connectivity index (χ4n) is 2.61. The first-order chi connectivity index (χ1) is 10.7. The van der Waals surface area contributed by atoms with E-state index in [4.69, 9.17) is 0 Å². The van der Waals surface area contributed by atoms with Gasteiger partial charge in [-0.15, -0.1) is 0 Å². The molecule has 22 heavy (non-hydrogen) atoms. The summed E-state index contributed by atoms with van der Waals surface area (Å²) in [6.45, 7) is 0.620. The number of aromatic nitrogens is 2. The number of nitrogens with zero attached hydrogens (tertiary/aromatic N) is 2. The van der Waals surface area contributed by atoms with Crippen molar-refractivity contribution in [3.8, 4) is 0 Å². The van der Waals surface area contributed by atoms with Crippen molar-refractivity contribution in [1.82, 2.24) is 9.78 Å². The zero-order chi connectivity index (χ0) is 15.4. The van der Waals surface area contributed by atoms with E-state index in [1.807, 2.05) is 35.0 Å². The van der Waals surface area contributed by atoms with Crippen LogP contribution in [0.4, 0.5) is 5.82 Å².